The molecule has 8 nitrogen and oxygen atoms in total. The first-order valence-electron chi connectivity index (χ1n) is 7.97. The van der Waals surface area contributed by atoms with Crippen LogP contribution in [0.5, 0.6) is 0 Å². The topological polar surface area (TPSA) is 98.5 Å². The number of anilines is 1. The van der Waals surface area contributed by atoms with Crippen LogP contribution in [-0.4, -0.2) is 36.3 Å². The maximum absolute atomic E-state index is 12.9. The fraction of sp³-hybridized carbons (Fsp3) is 0.714. The van der Waals surface area contributed by atoms with E-state index in [4.69, 9.17) is 0 Å². The summed E-state index contributed by atoms with van der Waals surface area (Å²) in [4.78, 5) is 12.9. The summed E-state index contributed by atoms with van der Waals surface area (Å²) in [5, 5.41) is 24.0. The zero-order valence-electron chi connectivity index (χ0n) is 13.4. The lowest BCUT2D eigenvalue weighted by Crippen LogP contribution is -2.47. The second-order valence-corrected chi connectivity index (χ2v) is 7.46. The molecule has 0 unspecified atom stereocenters. The Morgan fingerprint density at radius 2 is 2.13 bits per heavy atom. The number of hydrogen-bond donors (Lipinski definition) is 1. The lowest BCUT2D eigenvalue weighted by atomic mass is 9.81. The molecule has 0 aliphatic heterocycles. The van der Waals surface area contributed by atoms with Gasteiger partial charge < -0.3 is 0 Å². The first-order chi connectivity index (χ1) is 11.1. The largest absolute Gasteiger partial charge is 0.298 e. The first kappa shape index (κ1) is 16.0. The van der Waals surface area contributed by atoms with Gasteiger partial charge in [0, 0.05) is 6.42 Å². The number of tetrazole rings is 1. The fourth-order valence-electron chi connectivity index (χ4n) is 3.00. The summed E-state index contributed by atoms with van der Waals surface area (Å²) in [7, 11) is 0. The normalized spacial score (nSPS) is 17.3. The minimum Gasteiger partial charge on any atom is -0.298 e. The average molecular weight is 335 g/mol. The van der Waals surface area contributed by atoms with Crippen molar-refractivity contribution in [2.45, 2.75) is 57.9 Å². The Labute approximate surface area is 138 Å². The van der Waals surface area contributed by atoms with Gasteiger partial charge in [0.2, 0.25) is 5.13 Å². The third-order valence-electron chi connectivity index (χ3n) is 4.16. The molecule has 1 aliphatic rings. The van der Waals surface area contributed by atoms with Gasteiger partial charge in [-0.2, -0.15) is 0 Å². The van der Waals surface area contributed by atoms with Crippen LogP contribution in [0, 0.1) is 5.92 Å². The van der Waals surface area contributed by atoms with Gasteiger partial charge in [-0.3, -0.25) is 10.1 Å². The van der Waals surface area contributed by atoms with Crippen molar-refractivity contribution in [3.8, 4) is 0 Å². The molecular weight excluding hydrogens is 314 g/mol. The molecule has 1 N–H and O–H groups in total. The SMILES string of the molecule is CC(C)Cc1nnc(NC(=O)C2(n3cnnn3)CCCCC2)s1. The van der Waals surface area contributed by atoms with E-state index >= 15 is 0 Å². The lowest BCUT2D eigenvalue weighted by molar-refractivity contribution is -0.126. The standard InChI is InChI=1S/C14H21N7OS/c1-10(2)8-11-17-18-13(23-11)16-12(22)14(6-4-3-5-7-14)21-9-15-19-20-21/h9-10H,3-8H2,1-2H3,(H,16,18,22). The number of amides is 1. The minimum atomic E-state index is -0.717. The van der Waals surface area contributed by atoms with Gasteiger partial charge in [0.25, 0.3) is 5.91 Å². The quantitative estimate of drug-likeness (QED) is 0.897. The van der Waals surface area contributed by atoms with E-state index in [2.05, 4.69) is 44.9 Å². The highest BCUT2D eigenvalue weighted by Crippen LogP contribution is 2.35. The molecule has 3 rings (SSSR count). The van der Waals surface area contributed by atoms with Crippen molar-refractivity contribution in [1.82, 2.24) is 30.4 Å². The summed E-state index contributed by atoms with van der Waals surface area (Å²) in [6, 6.07) is 0. The molecule has 23 heavy (non-hydrogen) atoms. The molecule has 124 valence electrons. The predicted octanol–water partition coefficient (Wildman–Crippen LogP) is 2.02. The monoisotopic (exact) mass is 335 g/mol. The number of hydrogen-bond acceptors (Lipinski definition) is 7. The molecule has 1 saturated carbocycles. The van der Waals surface area contributed by atoms with Crippen LogP contribution in [0.4, 0.5) is 5.13 Å². The number of carbonyl (C=O) groups excluding carboxylic acids is 1. The van der Waals surface area contributed by atoms with Crippen LogP contribution in [0.3, 0.4) is 0 Å². The predicted molar refractivity (Wildman–Crippen MR) is 86.0 cm³/mol. The maximum Gasteiger partial charge on any atom is 0.254 e. The Morgan fingerprint density at radius 1 is 1.35 bits per heavy atom. The van der Waals surface area contributed by atoms with Gasteiger partial charge in [0.1, 0.15) is 16.9 Å². The van der Waals surface area contributed by atoms with E-state index in [1.807, 2.05) is 0 Å². The first-order valence-corrected chi connectivity index (χ1v) is 8.79. The van der Waals surface area contributed by atoms with Gasteiger partial charge in [-0.1, -0.05) is 44.4 Å². The zero-order chi connectivity index (χ0) is 16.3. The highest BCUT2D eigenvalue weighted by molar-refractivity contribution is 7.15. The fourth-order valence-corrected chi connectivity index (χ4v) is 3.95. The van der Waals surface area contributed by atoms with Crippen LogP contribution in [-0.2, 0) is 16.8 Å². The highest BCUT2D eigenvalue weighted by atomic mass is 32.1. The highest BCUT2D eigenvalue weighted by Gasteiger charge is 2.43. The van der Waals surface area contributed by atoms with Crippen LogP contribution in [0.2, 0.25) is 0 Å². The molecule has 2 aromatic heterocycles. The second kappa shape index (κ2) is 6.69. The Balaban J connectivity index is 1.78. The lowest BCUT2D eigenvalue weighted by Gasteiger charge is -2.34. The Bertz CT molecular complexity index is 646. The number of aromatic nitrogens is 6. The van der Waals surface area contributed by atoms with E-state index in [0.29, 0.717) is 11.0 Å². The summed E-state index contributed by atoms with van der Waals surface area (Å²) in [5.74, 6) is 0.411. The number of nitrogens with one attached hydrogen (secondary N) is 1. The van der Waals surface area contributed by atoms with Crippen molar-refractivity contribution < 1.29 is 4.79 Å². The molecule has 0 spiro atoms. The Kier molecular flexibility index (Phi) is 4.65. The van der Waals surface area contributed by atoms with Crippen molar-refractivity contribution in [3.63, 3.8) is 0 Å². The average Bonchev–Trinajstić information content (AvgIpc) is 3.19. The van der Waals surface area contributed by atoms with E-state index in [0.717, 1.165) is 43.5 Å². The van der Waals surface area contributed by atoms with Crippen molar-refractivity contribution in [2.75, 3.05) is 5.32 Å². The van der Waals surface area contributed by atoms with Crippen LogP contribution in [0.25, 0.3) is 0 Å². The summed E-state index contributed by atoms with van der Waals surface area (Å²) in [6.45, 7) is 4.27. The van der Waals surface area contributed by atoms with Crippen LogP contribution >= 0.6 is 11.3 Å². The van der Waals surface area contributed by atoms with Gasteiger partial charge in [0.15, 0.2) is 0 Å². The van der Waals surface area contributed by atoms with Gasteiger partial charge >= 0.3 is 0 Å². The minimum absolute atomic E-state index is 0.100. The molecule has 2 aromatic rings. The molecule has 9 heteroatoms. The van der Waals surface area contributed by atoms with Crippen LogP contribution in [0.15, 0.2) is 6.33 Å². The molecule has 2 heterocycles. The van der Waals surface area contributed by atoms with E-state index in [-0.39, 0.29) is 5.91 Å². The van der Waals surface area contributed by atoms with Gasteiger partial charge in [-0.25, -0.2) is 4.68 Å². The third kappa shape index (κ3) is 3.39. The van der Waals surface area contributed by atoms with Crippen LogP contribution < -0.4 is 5.32 Å². The van der Waals surface area contributed by atoms with Crippen molar-refractivity contribution in [2.24, 2.45) is 5.92 Å². The molecule has 1 fully saturated rings. The van der Waals surface area contributed by atoms with Crippen molar-refractivity contribution in [3.05, 3.63) is 11.3 Å². The zero-order valence-corrected chi connectivity index (χ0v) is 14.2. The number of nitrogens with zero attached hydrogens (tertiary/aromatic N) is 6. The smallest absolute Gasteiger partial charge is 0.254 e. The molecule has 0 atom stereocenters. The Hall–Kier alpha value is -1.90. The van der Waals surface area contributed by atoms with E-state index in [9.17, 15) is 4.79 Å². The summed E-state index contributed by atoms with van der Waals surface area (Å²) in [5.41, 5.74) is -0.717. The second-order valence-electron chi connectivity index (χ2n) is 6.40. The van der Waals surface area contributed by atoms with Crippen LogP contribution in [0.1, 0.15) is 51.0 Å². The van der Waals surface area contributed by atoms with Gasteiger partial charge in [0.05, 0.1) is 0 Å². The van der Waals surface area contributed by atoms with E-state index in [1.54, 1.807) is 4.68 Å². The summed E-state index contributed by atoms with van der Waals surface area (Å²) < 4.78 is 1.59. The molecule has 0 radical (unpaired) electrons. The maximum atomic E-state index is 12.9. The number of rotatable bonds is 5. The van der Waals surface area contributed by atoms with Crippen molar-refractivity contribution in [1.29, 1.82) is 0 Å². The summed E-state index contributed by atoms with van der Waals surface area (Å²) in [6.07, 6.45) is 6.97. The molecule has 0 aromatic carbocycles. The number of carbonyl (C=O) groups is 1. The van der Waals surface area contributed by atoms with E-state index < -0.39 is 5.54 Å². The molecule has 1 amide bonds. The molecule has 0 bridgehead atoms. The van der Waals surface area contributed by atoms with E-state index in [1.165, 1.54) is 17.7 Å². The molecular formula is C14H21N7OS. The van der Waals surface area contributed by atoms with Gasteiger partial charge in [-0.15, -0.1) is 15.3 Å². The third-order valence-corrected chi connectivity index (χ3v) is 5.02. The summed E-state index contributed by atoms with van der Waals surface area (Å²) >= 11 is 1.43. The van der Waals surface area contributed by atoms with Gasteiger partial charge in [-0.05, 0) is 29.2 Å². The molecule has 1 aliphatic carbocycles. The molecule has 0 saturated heterocycles. The Morgan fingerprint density at radius 3 is 2.78 bits per heavy atom. The van der Waals surface area contributed by atoms with Crippen molar-refractivity contribution >= 4 is 22.4 Å².